The largest absolute Gasteiger partial charge is 0.369 e. The molecule has 3 heteroatoms. The Hall–Kier alpha value is -0.0600. The zero-order valence-corrected chi connectivity index (χ0v) is 7.73. The highest BCUT2D eigenvalue weighted by Gasteiger charge is 1.97. The molecule has 2 N–H and O–H groups in total. The first-order valence-corrected chi connectivity index (χ1v) is 3.72. The van der Waals surface area contributed by atoms with Gasteiger partial charge in [-0.15, -0.1) is 0 Å². The monoisotopic (exact) mass is 239 g/mol. The molecular formula is C6H10INO. The van der Waals surface area contributed by atoms with Gasteiger partial charge in [0.25, 0.3) is 0 Å². The molecule has 0 unspecified atom stereocenters. The van der Waals surface area contributed by atoms with E-state index in [1.807, 2.05) is 13.8 Å². The van der Waals surface area contributed by atoms with Gasteiger partial charge in [0.2, 0.25) is 5.91 Å². The molecule has 0 aromatic rings. The molecule has 0 aromatic carbocycles. The Morgan fingerprint density at radius 1 is 1.56 bits per heavy atom. The van der Waals surface area contributed by atoms with Crippen molar-refractivity contribution in [2.24, 2.45) is 5.73 Å². The number of rotatable bonds is 2. The van der Waals surface area contributed by atoms with Gasteiger partial charge in [-0.3, -0.25) is 4.79 Å². The van der Waals surface area contributed by atoms with Gasteiger partial charge < -0.3 is 5.73 Å². The van der Waals surface area contributed by atoms with Gasteiger partial charge >= 0.3 is 0 Å². The third kappa shape index (κ3) is 4.44. The fourth-order valence-corrected chi connectivity index (χ4v) is 0.706. The van der Waals surface area contributed by atoms with Crippen LogP contribution in [-0.2, 0) is 4.79 Å². The summed E-state index contributed by atoms with van der Waals surface area (Å²) in [7, 11) is 0. The Labute approximate surface area is 68.6 Å². The van der Waals surface area contributed by atoms with E-state index in [0.29, 0.717) is 6.42 Å². The van der Waals surface area contributed by atoms with Gasteiger partial charge in [0.15, 0.2) is 0 Å². The summed E-state index contributed by atoms with van der Waals surface area (Å²) in [5.41, 5.74) is 6.11. The van der Waals surface area contributed by atoms with E-state index in [1.165, 1.54) is 0 Å². The lowest BCUT2D eigenvalue weighted by atomic mass is 10.3. The maximum absolute atomic E-state index is 10.3. The predicted octanol–water partition coefficient (Wildman–Crippen LogP) is 1.59. The first-order chi connectivity index (χ1) is 4.04. The van der Waals surface area contributed by atoms with Crippen LogP contribution in [0.4, 0.5) is 0 Å². The fraction of sp³-hybridized carbons (Fsp3) is 0.500. The summed E-state index contributed by atoms with van der Waals surface area (Å²) < 4.78 is 1.04. The van der Waals surface area contributed by atoms with Crippen LogP contribution in [0.3, 0.4) is 0 Å². The minimum Gasteiger partial charge on any atom is -0.369 e. The zero-order chi connectivity index (χ0) is 7.44. The van der Waals surface area contributed by atoms with Crippen LogP contribution in [0.5, 0.6) is 0 Å². The molecule has 0 aliphatic rings. The van der Waals surface area contributed by atoms with Crippen LogP contribution in [0.15, 0.2) is 9.15 Å². The lowest BCUT2D eigenvalue weighted by Gasteiger charge is -1.95. The average molecular weight is 239 g/mol. The smallest absolute Gasteiger partial charge is 0.222 e. The molecule has 0 heterocycles. The van der Waals surface area contributed by atoms with Crippen LogP contribution in [0, 0.1) is 0 Å². The summed E-state index contributed by atoms with van der Waals surface area (Å²) in [4.78, 5) is 10.3. The van der Waals surface area contributed by atoms with Crippen LogP contribution >= 0.6 is 22.6 Å². The van der Waals surface area contributed by atoms with Gasteiger partial charge in [0, 0.05) is 0 Å². The summed E-state index contributed by atoms with van der Waals surface area (Å²) in [6.45, 7) is 3.93. The van der Waals surface area contributed by atoms with Gasteiger partial charge in [-0.2, -0.15) is 0 Å². The van der Waals surface area contributed by atoms with Crippen LogP contribution in [0.25, 0.3) is 0 Å². The van der Waals surface area contributed by atoms with Crippen molar-refractivity contribution in [1.82, 2.24) is 0 Å². The molecule has 0 aromatic heterocycles. The maximum Gasteiger partial charge on any atom is 0.222 e. The molecule has 52 valence electrons. The lowest BCUT2D eigenvalue weighted by Crippen LogP contribution is -2.09. The van der Waals surface area contributed by atoms with Gasteiger partial charge in [0.05, 0.1) is 6.42 Å². The van der Waals surface area contributed by atoms with E-state index in [-0.39, 0.29) is 5.91 Å². The predicted molar refractivity (Wildman–Crippen MR) is 46.2 cm³/mol. The molecule has 0 radical (unpaired) electrons. The van der Waals surface area contributed by atoms with Gasteiger partial charge in [-0.05, 0) is 40.0 Å². The van der Waals surface area contributed by atoms with Crippen molar-refractivity contribution in [3.8, 4) is 0 Å². The molecule has 0 saturated carbocycles. The second-order valence-electron chi connectivity index (χ2n) is 2.05. The number of carbonyl (C=O) groups is 1. The molecule has 2 nitrogen and oxygen atoms in total. The number of nitrogens with two attached hydrogens (primary N) is 1. The summed E-state index contributed by atoms with van der Waals surface area (Å²) in [5, 5.41) is 0. The number of primary amides is 1. The molecule has 0 fully saturated rings. The number of hydrogen-bond donors (Lipinski definition) is 1. The van der Waals surface area contributed by atoms with Crippen LogP contribution in [0.2, 0.25) is 0 Å². The lowest BCUT2D eigenvalue weighted by molar-refractivity contribution is -0.117. The molecule has 0 bridgehead atoms. The topological polar surface area (TPSA) is 43.1 Å². The van der Waals surface area contributed by atoms with Crippen molar-refractivity contribution in [1.29, 1.82) is 0 Å². The molecule has 9 heavy (non-hydrogen) atoms. The number of allylic oxidation sites excluding steroid dienone is 1. The Morgan fingerprint density at radius 3 is 2.11 bits per heavy atom. The quantitative estimate of drug-likeness (QED) is 0.730. The number of carbonyl (C=O) groups excluding carboxylic acids is 1. The molecule has 0 aliphatic heterocycles. The highest BCUT2D eigenvalue weighted by molar-refractivity contribution is 14.1. The fourth-order valence-electron chi connectivity index (χ4n) is 0.330. The molecule has 1 amide bonds. The minimum atomic E-state index is -0.263. The second-order valence-corrected chi connectivity index (χ2v) is 3.35. The average Bonchev–Trinajstić information content (AvgIpc) is 1.63. The third-order valence-electron chi connectivity index (χ3n) is 0.872. The molecule has 0 saturated heterocycles. The number of halogens is 1. The maximum atomic E-state index is 10.3. The number of amides is 1. The highest BCUT2D eigenvalue weighted by atomic mass is 127. The van der Waals surface area contributed by atoms with Crippen molar-refractivity contribution in [2.45, 2.75) is 20.3 Å². The minimum absolute atomic E-state index is 0.263. The molecule has 0 atom stereocenters. The Balaban J connectivity index is 3.92. The van der Waals surface area contributed by atoms with E-state index in [9.17, 15) is 4.79 Å². The second kappa shape index (κ2) is 3.87. The Bertz CT molecular complexity index is 147. The Morgan fingerprint density at radius 2 is 2.00 bits per heavy atom. The Kier molecular flexibility index (Phi) is 3.84. The summed E-state index contributed by atoms with van der Waals surface area (Å²) >= 11 is 2.13. The van der Waals surface area contributed by atoms with Gasteiger partial charge in [0.1, 0.15) is 0 Å². The SMILES string of the molecule is CC(C)=C(I)CC(N)=O. The van der Waals surface area contributed by atoms with Crippen molar-refractivity contribution < 1.29 is 4.79 Å². The van der Waals surface area contributed by atoms with Crippen molar-refractivity contribution >= 4 is 28.5 Å². The van der Waals surface area contributed by atoms with E-state index in [0.717, 1.165) is 9.15 Å². The summed E-state index contributed by atoms with van der Waals surface area (Å²) in [6, 6.07) is 0. The van der Waals surface area contributed by atoms with Gasteiger partial charge in [-0.1, -0.05) is 5.57 Å². The van der Waals surface area contributed by atoms with E-state index in [2.05, 4.69) is 22.6 Å². The van der Waals surface area contributed by atoms with Crippen LogP contribution < -0.4 is 5.73 Å². The third-order valence-corrected chi connectivity index (χ3v) is 2.33. The van der Waals surface area contributed by atoms with Crippen LogP contribution in [0.1, 0.15) is 20.3 Å². The van der Waals surface area contributed by atoms with Crippen molar-refractivity contribution in [3.05, 3.63) is 9.15 Å². The van der Waals surface area contributed by atoms with E-state index in [1.54, 1.807) is 0 Å². The van der Waals surface area contributed by atoms with Crippen LogP contribution in [-0.4, -0.2) is 5.91 Å². The highest BCUT2D eigenvalue weighted by Crippen LogP contribution is 2.14. The summed E-state index contributed by atoms with van der Waals surface area (Å²) in [5.74, 6) is -0.263. The molecular weight excluding hydrogens is 229 g/mol. The zero-order valence-electron chi connectivity index (χ0n) is 5.57. The number of hydrogen-bond acceptors (Lipinski definition) is 1. The molecule has 0 spiro atoms. The van der Waals surface area contributed by atoms with Crippen molar-refractivity contribution in [2.75, 3.05) is 0 Å². The summed E-state index contributed by atoms with van der Waals surface area (Å²) in [6.07, 6.45) is 0.378. The molecule has 0 aliphatic carbocycles. The van der Waals surface area contributed by atoms with Crippen molar-refractivity contribution in [3.63, 3.8) is 0 Å². The molecule has 0 rings (SSSR count). The van der Waals surface area contributed by atoms with E-state index in [4.69, 9.17) is 5.73 Å². The first-order valence-electron chi connectivity index (χ1n) is 2.64. The normalized spacial score (nSPS) is 8.78. The van der Waals surface area contributed by atoms with Gasteiger partial charge in [-0.25, -0.2) is 0 Å². The standard InChI is InChI=1S/C6H10INO/c1-4(2)5(7)3-6(8)9/h3H2,1-2H3,(H2,8,9). The van der Waals surface area contributed by atoms with E-state index < -0.39 is 0 Å². The van der Waals surface area contributed by atoms with E-state index >= 15 is 0 Å². The first kappa shape index (κ1) is 8.94.